The maximum atomic E-state index is 12.4. The highest BCUT2D eigenvalue weighted by Gasteiger charge is 2.29. The maximum Gasteiger partial charge on any atom is 0.270 e. The molecule has 22 heavy (non-hydrogen) atoms. The van der Waals surface area contributed by atoms with Gasteiger partial charge in [0.05, 0.1) is 18.3 Å². The predicted molar refractivity (Wildman–Crippen MR) is 78.5 cm³/mol. The largest absolute Gasteiger partial charge is 0.487 e. The lowest BCUT2D eigenvalue weighted by Gasteiger charge is -2.16. The lowest BCUT2D eigenvalue weighted by Crippen LogP contribution is -2.31. The van der Waals surface area contributed by atoms with E-state index >= 15 is 0 Å². The van der Waals surface area contributed by atoms with E-state index in [1.54, 1.807) is 23.4 Å². The van der Waals surface area contributed by atoms with E-state index in [-0.39, 0.29) is 12.0 Å². The fourth-order valence-corrected chi connectivity index (χ4v) is 2.45. The van der Waals surface area contributed by atoms with Gasteiger partial charge < -0.3 is 20.4 Å². The second kappa shape index (κ2) is 5.88. The third-order valence-corrected chi connectivity index (χ3v) is 3.57. The summed E-state index contributed by atoms with van der Waals surface area (Å²) in [5.74, 6) is -0.0306. The van der Waals surface area contributed by atoms with Crippen LogP contribution in [0.15, 0.2) is 36.8 Å². The number of hydrogen-bond donors (Lipinski definition) is 2. The van der Waals surface area contributed by atoms with Gasteiger partial charge in [0.25, 0.3) is 5.91 Å². The van der Waals surface area contributed by atoms with E-state index in [0.717, 1.165) is 6.42 Å². The fraction of sp³-hybridized carbons (Fsp3) is 0.267. The summed E-state index contributed by atoms with van der Waals surface area (Å²) < 4.78 is 5.79. The summed E-state index contributed by atoms with van der Waals surface area (Å²) >= 11 is 0. The highest BCUT2D eigenvalue weighted by molar-refractivity contribution is 5.98. The number of nitrogens with two attached hydrogens (primary N) is 1. The average Bonchev–Trinajstić information content (AvgIpc) is 3.17. The Morgan fingerprint density at radius 3 is 3.00 bits per heavy atom. The Morgan fingerprint density at radius 2 is 2.32 bits per heavy atom. The van der Waals surface area contributed by atoms with Crippen LogP contribution in [-0.4, -0.2) is 45.9 Å². The number of nitrogens with zero attached hydrogens (tertiary/aromatic N) is 2. The van der Waals surface area contributed by atoms with E-state index in [2.05, 4.69) is 9.97 Å². The SMILES string of the molecule is NC(=O)c1c[nH]c(C(=O)N2CCC(Oc3cccnc3)C2)c1. The van der Waals surface area contributed by atoms with Crippen molar-refractivity contribution in [1.82, 2.24) is 14.9 Å². The number of H-pyrrole nitrogens is 1. The first-order chi connectivity index (χ1) is 10.6. The van der Waals surface area contributed by atoms with Gasteiger partial charge in [0.15, 0.2) is 0 Å². The van der Waals surface area contributed by atoms with Crippen LogP contribution in [0.1, 0.15) is 27.3 Å². The van der Waals surface area contributed by atoms with Crippen LogP contribution >= 0.6 is 0 Å². The fourth-order valence-electron chi connectivity index (χ4n) is 2.45. The Labute approximate surface area is 127 Å². The second-order valence-corrected chi connectivity index (χ2v) is 5.13. The molecule has 1 saturated heterocycles. The maximum absolute atomic E-state index is 12.4. The number of primary amides is 1. The lowest BCUT2D eigenvalue weighted by molar-refractivity contribution is 0.0767. The minimum atomic E-state index is -0.561. The molecule has 1 aliphatic rings. The molecule has 2 aromatic rings. The molecule has 0 saturated carbocycles. The smallest absolute Gasteiger partial charge is 0.270 e. The van der Waals surface area contributed by atoms with Crippen molar-refractivity contribution in [2.45, 2.75) is 12.5 Å². The number of carbonyl (C=O) groups is 2. The average molecular weight is 300 g/mol. The van der Waals surface area contributed by atoms with E-state index in [0.29, 0.717) is 30.1 Å². The summed E-state index contributed by atoms with van der Waals surface area (Å²) in [5.41, 5.74) is 5.83. The van der Waals surface area contributed by atoms with Gasteiger partial charge in [-0.3, -0.25) is 14.6 Å². The van der Waals surface area contributed by atoms with Crippen molar-refractivity contribution in [3.05, 3.63) is 48.0 Å². The van der Waals surface area contributed by atoms with Gasteiger partial charge in [-0.05, 0) is 18.2 Å². The molecule has 0 aliphatic carbocycles. The van der Waals surface area contributed by atoms with Crippen LogP contribution < -0.4 is 10.5 Å². The summed E-state index contributed by atoms with van der Waals surface area (Å²) in [7, 11) is 0. The van der Waals surface area contributed by atoms with E-state index in [1.165, 1.54) is 12.3 Å². The number of nitrogens with one attached hydrogen (secondary N) is 1. The highest BCUT2D eigenvalue weighted by Crippen LogP contribution is 2.19. The van der Waals surface area contributed by atoms with Crippen LogP contribution in [0.3, 0.4) is 0 Å². The van der Waals surface area contributed by atoms with E-state index < -0.39 is 5.91 Å². The molecule has 1 aliphatic heterocycles. The molecule has 2 amide bonds. The zero-order valence-corrected chi connectivity index (χ0v) is 11.9. The summed E-state index contributed by atoms with van der Waals surface area (Å²) in [4.78, 5) is 31.9. The van der Waals surface area contributed by atoms with Gasteiger partial charge in [-0.25, -0.2) is 0 Å². The van der Waals surface area contributed by atoms with Gasteiger partial charge >= 0.3 is 0 Å². The summed E-state index contributed by atoms with van der Waals surface area (Å²) in [6.45, 7) is 1.10. The van der Waals surface area contributed by atoms with Crippen LogP contribution in [0.2, 0.25) is 0 Å². The molecular formula is C15H16N4O3. The molecule has 7 heteroatoms. The van der Waals surface area contributed by atoms with Crippen molar-refractivity contribution in [3.8, 4) is 5.75 Å². The Kier molecular flexibility index (Phi) is 3.78. The Morgan fingerprint density at radius 1 is 1.45 bits per heavy atom. The molecule has 0 radical (unpaired) electrons. The predicted octanol–water partition coefficient (Wildman–Crippen LogP) is 0.802. The van der Waals surface area contributed by atoms with Gasteiger partial charge in [-0.1, -0.05) is 0 Å². The molecule has 1 atom stereocenters. The third-order valence-electron chi connectivity index (χ3n) is 3.57. The zero-order valence-electron chi connectivity index (χ0n) is 11.9. The number of hydrogen-bond acceptors (Lipinski definition) is 4. The lowest BCUT2D eigenvalue weighted by atomic mass is 10.3. The molecule has 2 aromatic heterocycles. The molecule has 1 unspecified atom stereocenters. The van der Waals surface area contributed by atoms with E-state index in [4.69, 9.17) is 10.5 Å². The number of aromatic nitrogens is 2. The van der Waals surface area contributed by atoms with Crippen LogP contribution in [0.5, 0.6) is 5.75 Å². The second-order valence-electron chi connectivity index (χ2n) is 5.13. The Hall–Kier alpha value is -2.83. The van der Waals surface area contributed by atoms with Gasteiger partial charge in [0.2, 0.25) is 5.91 Å². The van der Waals surface area contributed by atoms with Crippen molar-refractivity contribution in [3.63, 3.8) is 0 Å². The number of rotatable bonds is 4. The summed E-state index contributed by atoms with van der Waals surface area (Å²) in [6.07, 6.45) is 5.46. The van der Waals surface area contributed by atoms with Gasteiger partial charge in [0, 0.05) is 25.4 Å². The summed E-state index contributed by atoms with van der Waals surface area (Å²) in [5, 5.41) is 0. The van der Waals surface area contributed by atoms with Crippen LogP contribution in [0.25, 0.3) is 0 Å². The van der Waals surface area contributed by atoms with E-state index in [9.17, 15) is 9.59 Å². The van der Waals surface area contributed by atoms with Gasteiger partial charge in [-0.15, -0.1) is 0 Å². The van der Waals surface area contributed by atoms with Gasteiger partial charge in [-0.2, -0.15) is 0 Å². The normalized spacial score (nSPS) is 17.5. The van der Waals surface area contributed by atoms with Crippen LogP contribution in [-0.2, 0) is 0 Å². The van der Waals surface area contributed by atoms with Crippen molar-refractivity contribution < 1.29 is 14.3 Å². The molecule has 7 nitrogen and oxygen atoms in total. The van der Waals surface area contributed by atoms with Crippen molar-refractivity contribution in [1.29, 1.82) is 0 Å². The van der Waals surface area contributed by atoms with Crippen LogP contribution in [0, 0.1) is 0 Å². The number of carbonyl (C=O) groups excluding carboxylic acids is 2. The monoisotopic (exact) mass is 300 g/mol. The molecule has 0 aromatic carbocycles. The molecular weight excluding hydrogens is 284 g/mol. The Balaban J connectivity index is 1.62. The first-order valence-electron chi connectivity index (χ1n) is 6.97. The number of pyridine rings is 1. The van der Waals surface area contributed by atoms with Crippen LogP contribution in [0.4, 0.5) is 0 Å². The topological polar surface area (TPSA) is 101 Å². The van der Waals surface area contributed by atoms with E-state index in [1.807, 2.05) is 6.07 Å². The number of amides is 2. The van der Waals surface area contributed by atoms with Crippen molar-refractivity contribution in [2.24, 2.45) is 5.73 Å². The van der Waals surface area contributed by atoms with Crippen molar-refractivity contribution in [2.75, 3.05) is 13.1 Å². The first kappa shape index (κ1) is 14.1. The first-order valence-corrected chi connectivity index (χ1v) is 6.97. The number of likely N-dealkylation sites (tertiary alicyclic amines) is 1. The standard InChI is InChI=1S/C15H16N4O3/c16-14(20)10-6-13(18-7-10)15(21)19-5-3-12(9-19)22-11-2-1-4-17-8-11/h1-2,4,6-8,12,18H,3,5,9H2,(H2,16,20). The minimum absolute atomic E-state index is 0.0567. The molecule has 3 N–H and O–H groups in total. The Bertz CT molecular complexity index is 683. The quantitative estimate of drug-likeness (QED) is 0.872. The molecule has 0 spiro atoms. The minimum Gasteiger partial charge on any atom is -0.487 e. The van der Waals surface area contributed by atoms with Gasteiger partial charge in [0.1, 0.15) is 17.5 Å². The number of aromatic amines is 1. The highest BCUT2D eigenvalue weighted by atomic mass is 16.5. The zero-order chi connectivity index (χ0) is 15.5. The molecule has 3 heterocycles. The van der Waals surface area contributed by atoms with Crippen molar-refractivity contribution >= 4 is 11.8 Å². The molecule has 3 rings (SSSR count). The molecule has 1 fully saturated rings. The third kappa shape index (κ3) is 2.93. The molecule has 114 valence electrons. The molecule has 0 bridgehead atoms. The number of ether oxygens (including phenoxy) is 1. The summed E-state index contributed by atoms with van der Waals surface area (Å²) in [6, 6.07) is 5.11.